The zero-order chi connectivity index (χ0) is 20.6. The fraction of sp³-hybridized carbons (Fsp3) is 0. The molecule has 5 aromatic rings. The molecule has 0 saturated carbocycles. The zero-order valence-corrected chi connectivity index (χ0v) is 15.6. The Kier molecular flexibility index (Phi) is 3.17. The predicted molar refractivity (Wildman–Crippen MR) is 117 cm³/mol. The number of benzene rings is 5. The molecule has 0 amide bonds. The molecular weight excluding hydrogens is 376 g/mol. The number of allylic oxidation sites excluding steroid dienone is 2. The first-order valence-electron chi connectivity index (χ1n) is 9.55. The largest absolute Gasteiger partial charge is 0.501 e. The van der Waals surface area contributed by atoms with Crippen LogP contribution in [0.4, 0.5) is 0 Å². The van der Waals surface area contributed by atoms with E-state index >= 15 is 0 Å². The van der Waals surface area contributed by atoms with Crippen molar-refractivity contribution in [2.24, 2.45) is 0 Å². The molecule has 0 saturated heterocycles. The van der Waals surface area contributed by atoms with Crippen molar-refractivity contribution in [1.82, 2.24) is 0 Å². The predicted octanol–water partition coefficient (Wildman–Crippen LogP) is 6.01. The lowest BCUT2D eigenvalue weighted by atomic mass is 9.88. The minimum absolute atomic E-state index is 0.105. The normalized spacial score (nSPS) is 14.3. The minimum atomic E-state index is -0.898. The number of aliphatic hydroxyl groups is 2. The highest BCUT2D eigenvalue weighted by Crippen LogP contribution is 2.33. The number of hydrogen-bond donors (Lipinski definition) is 2. The van der Waals surface area contributed by atoms with Crippen molar-refractivity contribution in [3.63, 3.8) is 0 Å². The van der Waals surface area contributed by atoms with E-state index < -0.39 is 23.1 Å². The second-order valence-corrected chi connectivity index (χ2v) is 7.70. The summed E-state index contributed by atoms with van der Waals surface area (Å²) in [5, 5.41) is 27.7. The summed E-state index contributed by atoms with van der Waals surface area (Å²) >= 11 is 0. The molecule has 6 rings (SSSR count). The summed E-state index contributed by atoms with van der Waals surface area (Å²) in [6, 6.07) is 23.9. The highest BCUT2D eigenvalue weighted by atomic mass is 16.3. The van der Waals surface area contributed by atoms with Crippen LogP contribution in [0.25, 0.3) is 43.1 Å². The summed E-state index contributed by atoms with van der Waals surface area (Å²) in [6.45, 7) is 0. The van der Waals surface area contributed by atoms with Gasteiger partial charge in [-0.15, -0.1) is 0 Å². The van der Waals surface area contributed by atoms with E-state index in [0.29, 0.717) is 0 Å². The maximum absolute atomic E-state index is 12.4. The van der Waals surface area contributed by atoms with E-state index in [9.17, 15) is 19.8 Å². The van der Waals surface area contributed by atoms with Crippen LogP contribution in [0.2, 0.25) is 0 Å². The SMILES string of the molecule is O=C1C(O)=C(O)C(=O)c2cc3cc4cc5cc6ccccc6cc5cc4cc3cc21. The van der Waals surface area contributed by atoms with E-state index in [1.54, 1.807) is 12.1 Å². The summed E-state index contributed by atoms with van der Waals surface area (Å²) < 4.78 is 0. The lowest BCUT2D eigenvalue weighted by molar-refractivity contribution is 0.0881. The number of rotatable bonds is 0. The maximum Gasteiger partial charge on any atom is 0.232 e. The van der Waals surface area contributed by atoms with Gasteiger partial charge in [0, 0.05) is 11.1 Å². The van der Waals surface area contributed by atoms with Crippen LogP contribution >= 0.6 is 0 Å². The van der Waals surface area contributed by atoms with Crippen LogP contribution in [0, 0.1) is 0 Å². The Labute approximate surface area is 170 Å². The number of carbonyl (C=O) groups excluding carboxylic acids is 2. The maximum atomic E-state index is 12.4. The van der Waals surface area contributed by atoms with Crippen molar-refractivity contribution in [2.45, 2.75) is 0 Å². The minimum Gasteiger partial charge on any atom is -0.501 e. The molecule has 142 valence electrons. The van der Waals surface area contributed by atoms with Gasteiger partial charge in [0.2, 0.25) is 23.1 Å². The number of aliphatic hydroxyl groups excluding tert-OH is 2. The molecule has 0 atom stereocenters. The third kappa shape index (κ3) is 2.22. The van der Waals surface area contributed by atoms with Gasteiger partial charge in [0.25, 0.3) is 0 Å². The molecule has 2 N–H and O–H groups in total. The van der Waals surface area contributed by atoms with Crippen molar-refractivity contribution in [3.8, 4) is 0 Å². The van der Waals surface area contributed by atoms with Crippen LogP contribution in [0.15, 0.2) is 84.3 Å². The molecule has 5 aromatic carbocycles. The molecule has 1 aliphatic carbocycles. The molecule has 0 radical (unpaired) electrons. The van der Waals surface area contributed by atoms with Crippen LogP contribution in [-0.4, -0.2) is 21.8 Å². The highest BCUT2D eigenvalue weighted by Gasteiger charge is 2.32. The smallest absolute Gasteiger partial charge is 0.232 e. The number of ketones is 2. The summed E-state index contributed by atoms with van der Waals surface area (Å²) in [6.07, 6.45) is 0. The number of fused-ring (bicyclic) bond motifs is 5. The Hall–Kier alpha value is -4.18. The van der Waals surface area contributed by atoms with Crippen LogP contribution in [0.1, 0.15) is 20.7 Å². The molecule has 0 aliphatic heterocycles. The molecular formula is C26H14O4. The Bertz CT molecular complexity index is 1520. The quantitative estimate of drug-likeness (QED) is 0.318. The van der Waals surface area contributed by atoms with Crippen LogP contribution < -0.4 is 0 Å². The van der Waals surface area contributed by atoms with E-state index in [4.69, 9.17) is 0 Å². The van der Waals surface area contributed by atoms with Gasteiger partial charge in [0.1, 0.15) is 0 Å². The average molecular weight is 390 g/mol. The van der Waals surface area contributed by atoms with Gasteiger partial charge in [0.05, 0.1) is 0 Å². The van der Waals surface area contributed by atoms with E-state index in [1.165, 1.54) is 10.8 Å². The van der Waals surface area contributed by atoms with E-state index in [2.05, 4.69) is 36.4 Å². The molecule has 0 heterocycles. The van der Waals surface area contributed by atoms with Crippen molar-refractivity contribution in [3.05, 3.63) is 95.4 Å². The van der Waals surface area contributed by atoms with Crippen molar-refractivity contribution in [2.75, 3.05) is 0 Å². The van der Waals surface area contributed by atoms with Gasteiger partial charge in [-0.2, -0.15) is 0 Å². The molecule has 4 heteroatoms. The van der Waals surface area contributed by atoms with Gasteiger partial charge in [-0.3, -0.25) is 9.59 Å². The number of carbonyl (C=O) groups is 2. The molecule has 4 nitrogen and oxygen atoms in total. The standard InChI is InChI=1S/C26H14O4/c27-23-21-11-19-9-17-7-15-5-13-3-1-2-4-14(13)6-16(15)8-18(17)10-20(19)12-22(21)24(28)26(30)25(23)29/h1-12,29-30H. The van der Waals surface area contributed by atoms with Crippen LogP contribution in [-0.2, 0) is 0 Å². The fourth-order valence-electron chi connectivity index (χ4n) is 4.34. The molecule has 30 heavy (non-hydrogen) atoms. The molecule has 0 unspecified atom stereocenters. The Balaban J connectivity index is 1.65. The van der Waals surface area contributed by atoms with Crippen molar-refractivity contribution >= 4 is 54.7 Å². The number of hydrogen-bond acceptors (Lipinski definition) is 4. The lowest BCUT2D eigenvalue weighted by Crippen LogP contribution is -2.21. The monoisotopic (exact) mass is 390 g/mol. The molecule has 0 aromatic heterocycles. The van der Waals surface area contributed by atoms with Crippen LogP contribution in [0.5, 0.6) is 0 Å². The van der Waals surface area contributed by atoms with Gasteiger partial charge < -0.3 is 10.2 Å². The second-order valence-electron chi connectivity index (χ2n) is 7.70. The first-order chi connectivity index (χ1) is 14.5. The van der Waals surface area contributed by atoms with Gasteiger partial charge in [-0.1, -0.05) is 24.3 Å². The molecule has 0 fully saturated rings. The summed E-state index contributed by atoms with van der Waals surface area (Å²) in [4.78, 5) is 24.7. The Morgan fingerprint density at radius 3 is 1.10 bits per heavy atom. The summed E-state index contributed by atoms with van der Waals surface area (Å²) in [5.41, 5.74) is 0.211. The van der Waals surface area contributed by atoms with Gasteiger partial charge in [0.15, 0.2) is 0 Å². The van der Waals surface area contributed by atoms with Crippen molar-refractivity contribution < 1.29 is 19.8 Å². The van der Waals surface area contributed by atoms with E-state index in [-0.39, 0.29) is 11.1 Å². The second kappa shape index (κ2) is 5.67. The average Bonchev–Trinajstić information content (AvgIpc) is 2.76. The van der Waals surface area contributed by atoms with E-state index in [0.717, 1.165) is 32.3 Å². The third-order valence-electron chi connectivity index (χ3n) is 5.90. The van der Waals surface area contributed by atoms with Gasteiger partial charge in [-0.05, 0) is 91.6 Å². The molecule has 0 bridgehead atoms. The first-order valence-corrected chi connectivity index (χ1v) is 9.55. The Morgan fingerprint density at radius 2 is 0.733 bits per heavy atom. The Morgan fingerprint density at radius 1 is 0.433 bits per heavy atom. The van der Waals surface area contributed by atoms with Crippen molar-refractivity contribution in [1.29, 1.82) is 0 Å². The third-order valence-corrected chi connectivity index (χ3v) is 5.90. The first kappa shape index (κ1) is 16.7. The van der Waals surface area contributed by atoms with E-state index in [1.807, 2.05) is 24.3 Å². The summed E-state index contributed by atoms with van der Waals surface area (Å²) in [5.74, 6) is -3.28. The summed E-state index contributed by atoms with van der Waals surface area (Å²) in [7, 11) is 0. The lowest BCUT2D eigenvalue weighted by Gasteiger charge is -2.15. The van der Waals surface area contributed by atoms with Gasteiger partial charge >= 0.3 is 0 Å². The number of Topliss-reactive ketones (excluding diaryl/α,β-unsaturated/α-hetero) is 2. The van der Waals surface area contributed by atoms with Gasteiger partial charge in [-0.25, -0.2) is 0 Å². The fourth-order valence-corrected chi connectivity index (χ4v) is 4.34. The topological polar surface area (TPSA) is 74.6 Å². The molecule has 1 aliphatic rings. The zero-order valence-electron chi connectivity index (χ0n) is 15.6. The highest BCUT2D eigenvalue weighted by molar-refractivity contribution is 6.26. The van der Waals surface area contributed by atoms with Crippen LogP contribution in [0.3, 0.4) is 0 Å². The molecule has 0 spiro atoms.